The summed E-state index contributed by atoms with van der Waals surface area (Å²) in [6.07, 6.45) is 0. The van der Waals surface area contributed by atoms with Crippen LogP contribution in [0.5, 0.6) is 11.5 Å². The van der Waals surface area contributed by atoms with Gasteiger partial charge in [0.1, 0.15) is 11.5 Å². The third kappa shape index (κ3) is 3.73. The van der Waals surface area contributed by atoms with E-state index in [-0.39, 0.29) is 5.24 Å². The first-order valence-electron chi connectivity index (χ1n) is 4.94. The lowest BCUT2D eigenvalue weighted by molar-refractivity contribution is 0.403. The van der Waals surface area contributed by atoms with E-state index in [1.54, 1.807) is 36.4 Å². The maximum absolute atomic E-state index is 5.82. The molecular formula is C13H9ClO2S. The van der Waals surface area contributed by atoms with E-state index in [2.05, 4.69) is 0 Å². The molecule has 0 amide bonds. The number of ether oxygens (including phenoxy) is 2. The fourth-order valence-corrected chi connectivity index (χ4v) is 1.61. The maximum Gasteiger partial charge on any atom is 0.363 e. The van der Waals surface area contributed by atoms with Crippen LogP contribution in [0.25, 0.3) is 0 Å². The summed E-state index contributed by atoms with van der Waals surface area (Å²) < 4.78 is 10.6. The molecule has 0 spiro atoms. The molecule has 2 aromatic rings. The number of hydrogen-bond acceptors (Lipinski definition) is 3. The summed E-state index contributed by atoms with van der Waals surface area (Å²) in [5.41, 5.74) is 0. The third-order valence-electron chi connectivity index (χ3n) is 1.94. The quantitative estimate of drug-likeness (QED) is 0.762. The standard InChI is InChI=1S/C13H9ClO2S/c14-10-5-4-8-12(9-10)16-13(17)15-11-6-2-1-3-7-11/h1-9H. The van der Waals surface area contributed by atoms with Crippen LogP contribution in [0.1, 0.15) is 0 Å². The molecule has 0 N–H and O–H groups in total. The van der Waals surface area contributed by atoms with Crippen molar-refractivity contribution in [1.29, 1.82) is 0 Å². The second-order valence-corrected chi connectivity index (χ2v) is 3.99. The topological polar surface area (TPSA) is 18.5 Å². The third-order valence-corrected chi connectivity index (χ3v) is 2.34. The van der Waals surface area contributed by atoms with Gasteiger partial charge in [-0.05, 0) is 30.3 Å². The molecule has 86 valence electrons. The van der Waals surface area contributed by atoms with Crippen molar-refractivity contribution in [3.8, 4) is 11.5 Å². The van der Waals surface area contributed by atoms with E-state index in [1.807, 2.05) is 18.2 Å². The molecule has 2 aromatic carbocycles. The second-order valence-electron chi connectivity index (χ2n) is 3.22. The fraction of sp³-hybridized carbons (Fsp3) is 0. The molecule has 4 heteroatoms. The van der Waals surface area contributed by atoms with Crippen molar-refractivity contribution in [2.24, 2.45) is 0 Å². The predicted octanol–water partition coefficient (Wildman–Crippen LogP) is 4.08. The average Bonchev–Trinajstić information content (AvgIpc) is 2.30. The first-order chi connectivity index (χ1) is 8.24. The second kappa shape index (κ2) is 5.66. The van der Waals surface area contributed by atoms with Gasteiger partial charge in [-0.25, -0.2) is 0 Å². The first kappa shape index (κ1) is 11.9. The minimum atomic E-state index is 0.0402. The fourth-order valence-electron chi connectivity index (χ4n) is 1.23. The lowest BCUT2D eigenvalue weighted by atomic mass is 10.3. The number of rotatable bonds is 2. The van der Waals surface area contributed by atoms with Gasteiger partial charge in [-0.15, -0.1) is 0 Å². The molecule has 0 fully saturated rings. The van der Waals surface area contributed by atoms with Gasteiger partial charge >= 0.3 is 5.24 Å². The predicted molar refractivity (Wildman–Crippen MR) is 71.7 cm³/mol. The van der Waals surface area contributed by atoms with Crippen molar-refractivity contribution in [2.45, 2.75) is 0 Å². The largest absolute Gasteiger partial charge is 0.417 e. The highest BCUT2D eigenvalue weighted by Crippen LogP contribution is 2.18. The van der Waals surface area contributed by atoms with E-state index >= 15 is 0 Å². The van der Waals surface area contributed by atoms with Crippen LogP contribution in [-0.4, -0.2) is 5.24 Å². The minimum absolute atomic E-state index is 0.0402. The van der Waals surface area contributed by atoms with Crippen LogP contribution in [0, 0.1) is 0 Å². The summed E-state index contributed by atoms with van der Waals surface area (Å²) in [6.45, 7) is 0. The van der Waals surface area contributed by atoms with Gasteiger partial charge in [0, 0.05) is 17.2 Å². The molecule has 0 aromatic heterocycles. The lowest BCUT2D eigenvalue weighted by Crippen LogP contribution is -2.13. The van der Waals surface area contributed by atoms with Crippen molar-refractivity contribution in [3.05, 3.63) is 59.6 Å². The maximum atomic E-state index is 5.82. The Kier molecular flexibility index (Phi) is 3.96. The van der Waals surface area contributed by atoms with E-state index in [1.165, 1.54) is 0 Å². The Balaban J connectivity index is 1.98. The van der Waals surface area contributed by atoms with Gasteiger partial charge in [-0.1, -0.05) is 35.9 Å². The minimum Gasteiger partial charge on any atom is -0.417 e. The van der Waals surface area contributed by atoms with E-state index in [0.29, 0.717) is 16.5 Å². The van der Waals surface area contributed by atoms with Gasteiger partial charge in [0.05, 0.1) is 0 Å². The van der Waals surface area contributed by atoms with E-state index < -0.39 is 0 Å². The smallest absolute Gasteiger partial charge is 0.363 e. The Bertz CT molecular complexity index is 514. The van der Waals surface area contributed by atoms with Crippen LogP contribution in [0.2, 0.25) is 5.02 Å². The Morgan fingerprint density at radius 1 is 0.882 bits per heavy atom. The lowest BCUT2D eigenvalue weighted by Gasteiger charge is -2.08. The highest BCUT2D eigenvalue weighted by atomic mass is 35.5. The molecule has 2 nitrogen and oxygen atoms in total. The monoisotopic (exact) mass is 264 g/mol. The molecule has 0 aliphatic rings. The number of benzene rings is 2. The van der Waals surface area contributed by atoms with E-state index in [9.17, 15) is 0 Å². The molecule has 0 bridgehead atoms. The summed E-state index contributed by atoms with van der Waals surface area (Å²) in [6, 6.07) is 16.2. The Labute approximate surface area is 110 Å². The van der Waals surface area contributed by atoms with Crippen LogP contribution in [0.15, 0.2) is 54.6 Å². The molecule has 0 saturated carbocycles. The number of para-hydroxylation sites is 1. The zero-order valence-electron chi connectivity index (χ0n) is 8.80. The highest BCUT2D eigenvalue weighted by Gasteiger charge is 2.03. The van der Waals surface area contributed by atoms with Gasteiger partial charge < -0.3 is 9.47 Å². The Hall–Kier alpha value is -1.58. The molecule has 0 atom stereocenters. The van der Waals surface area contributed by atoms with Crippen LogP contribution in [-0.2, 0) is 0 Å². The molecule has 0 aliphatic carbocycles. The Morgan fingerprint density at radius 3 is 2.24 bits per heavy atom. The van der Waals surface area contributed by atoms with Crippen molar-refractivity contribution in [3.63, 3.8) is 0 Å². The molecule has 0 saturated heterocycles. The summed E-state index contributed by atoms with van der Waals surface area (Å²) >= 11 is 10.8. The van der Waals surface area contributed by atoms with Crippen LogP contribution < -0.4 is 9.47 Å². The van der Waals surface area contributed by atoms with Gasteiger partial charge in [0.15, 0.2) is 0 Å². The first-order valence-corrected chi connectivity index (χ1v) is 5.73. The number of thiocarbonyl (C=S) groups is 1. The number of hydrogen-bond donors (Lipinski definition) is 0. The van der Waals surface area contributed by atoms with Gasteiger partial charge in [0.2, 0.25) is 0 Å². The van der Waals surface area contributed by atoms with Crippen molar-refractivity contribution < 1.29 is 9.47 Å². The van der Waals surface area contributed by atoms with Crippen molar-refractivity contribution in [1.82, 2.24) is 0 Å². The summed E-state index contributed by atoms with van der Waals surface area (Å²) in [5, 5.41) is 0.628. The molecule has 0 heterocycles. The summed E-state index contributed by atoms with van der Waals surface area (Å²) in [4.78, 5) is 0. The van der Waals surface area contributed by atoms with E-state index in [0.717, 1.165) is 0 Å². The molecule has 17 heavy (non-hydrogen) atoms. The molecule has 0 radical (unpaired) electrons. The van der Waals surface area contributed by atoms with Crippen molar-refractivity contribution >= 4 is 29.1 Å². The molecule has 0 unspecified atom stereocenters. The van der Waals surface area contributed by atoms with Gasteiger partial charge in [-0.3, -0.25) is 0 Å². The highest BCUT2D eigenvalue weighted by molar-refractivity contribution is 7.79. The van der Waals surface area contributed by atoms with Gasteiger partial charge in [0.25, 0.3) is 0 Å². The van der Waals surface area contributed by atoms with Gasteiger partial charge in [-0.2, -0.15) is 0 Å². The van der Waals surface area contributed by atoms with Crippen LogP contribution >= 0.6 is 23.8 Å². The normalized spacial score (nSPS) is 9.71. The molecular weight excluding hydrogens is 256 g/mol. The zero-order valence-corrected chi connectivity index (χ0v) is 10.4. The molecule has 0 aliphatic heterocycles. The summed E-state index contributed by atoms with van der Waals surface area (Å²) in [5.74, 6) is 1.19. The zero-order chi connectivity index (χ0) is 12.1. The average molecular weight is 265 g/mol. The van der Waals surface area contributed by atoms with Crippen molar-refractivity contribution in [2.75, 3.05) is 0 Å². The van der Waals surface area contributed by atoms with Crippen LogP contribution in [0.3, 0.4) is 0 Å². The number of halogens is 1. The van der Waals surface area contributed by atoms with Crippen LogP contribution in [0.4, 0.5) is 0 Å². The molecule has 2 rings (SSSR count). The van der Waals surface area contributed by atoms with E-state index in [4.69, 9.17) is 33.3 Å². The SMILES string of the molecule is S=C(Oc1ccccc1)Oc1cccc(Cl)c1. The summed E-state index contributed by atoms with van der Waals surface area (Å²) in [7, 11) is 0. The Morgan fingerprint density at radius 2 is 1.53 bits per heavy atom.